The number of benzene rings is 1. The molecule has 2 aliphatic carbocycles. The fraction of sp³-hybridized carbons (Fsp3) is 0.577. The van der Waals surface area contributed by atoms with Crippen molar-refractivity contribution in [2.24, 2.45) is 5.92 Å². The Hall–Kier alpha value is -2.11. The lowest BCUT2D eigenvalue weighted by Gasteiger charge is -2.53. The molecule has 1 aromatic heterocycles. The van der Waals surface area contributed by atoms with Crippen molar-refractivity contribution in [2.75, 3.05) is 27.3 Å². The first-order valence-electron chi connectivity index (χ1n) is 11.5. The van der Waals surface area contributed by atoms with Gasteiger partial charge in [-0.3, -0.25) is 9.69 Å². The Kier molecular flexibility index (Phi) is 4.83. The van der Waals surface area contributed by atoms with Crippen LogP contribution in [0.15, 0.2) is 36.2 Å². The lowest BCUT2D eigenvalue weighted by atomic mass is 9.69. The molecule has 0 unspecified atom stereocenters. The van der Waals surface area contributed by atoms with E-state index < -0.39 is 0 Å². The van der Waals surface area contributed by atoms with E-state index in [1.54, 1.807) is 6.08 Å². The number of carbonyl (C=O) groups excluding carboxylic acids is 1. The summed E-state index contributed by atoms with van der Waals surface area (Å²) in [4.78, 5) is 14.0. The van der Waals surface area contributed by atoms with Crippen LogP contribution in [0.2, 0.25) is 0 Å². The molecule has 1 aromatic carbocycles. The number of likely N-dealkylation sites (N-methyl/N-ethyl adjacent to an activating group) is 1. The van der Waals surface area contributed by atoms with Gasteiger partial charge in [-0.1, -0.05) is 12.1 Å². The zero-order valence-electron chi connectivity index (χ0n) is 19.4. The maximum atomic E-state index is 11.6. The second-order valence-corrected chi connectivity index (χ2v) is 10.6. The summed E-state index contributed by atoms with van der Waals surface area (Å²) >= 11 is 0. The average molecular weight is 423 g/mol. The lowest BCUT2D eigenvalue weighted by Crippen LogP contribution is -2.59. The second-order valence-electron chi connectivity index (χ2n) is 10.6. The van der Waals surface area contributed by atoms with Gasteiger partial charge in [-0.05, 0) is 57.9 Å². The maximum absolute atomic E-state index is 11.6. The summed E-state index contributed by atoms with van der Waals surface area (Å²) in [7, 11) is 4.08. The topological polar surface area (TPSA) is 43.7 Å². The van der Waals surface area contributed by atoms with Gasteiger partial charge in [0.25, 0.3) is 0 Å². The summed E-state index contributed by atoms with van der Waals surface area (Å²) in [6.45, 7) is 8.40. The summed E-state index contributed by atoms with van der Waals surface area (Å²) in [5.41, 5.74) is 3.71. The Balaban J connectivity index is 1.53. The largest absolute Gasteiger partial charge is 0.497 e. The molecule has 0 bridgehead atoms. The van der Waals surface area contributed by atoms with Gasteiger partial charge in [-0.2, -0.15) is 0 Å². The third kappa shape index (κ3) is 3.25. The molecule has 5 rings (SSSR count). The van der Waals surface area contributed by atoms with E-state index in [1.807, 2.05) is 7.11 Å². The monoisotopic (exact) mass is 422 g/mol. The number of piperidine rings is 1. The van der Waals surface area contributed by atoms with E-state index in [2.05, 4.69) is 61.7 Å². The predicted octanol–water partition coefficient (Wildman–Crippen LogP) is 4.38. The number of hydrogen-bond donors (Lipinski definition) is 0. The second kappa shape index (κ2) is 7.21. The van der Waals surface area contributed by atoms with Crippen molar-refractivity contribution < 1.29 is 14.3 Å². The number of rotatable bonds is 4. The smallest absolute Gasteiger partial charge is 0.159 e. The van der Waals surface area contributed by atoms with Gasteiger partial charge in [0.15, 0.2) is 5.78 Å². The molecule has 166 valence electrons. The number of nitrogens with zero attached hydrogens (tertiary/aromatic N) is 2. The predicted molar refractivity (Wildman–Crippen MR) is 122 cm³/mol. The van der Waals surface area contributed by atoms with Gasteiger partial charge in [0, 0.05) is 67.2 Å². The Labute approximate surface area is 185 Å². The highest BCUT2D eigenvalue weighted by molar-refractivity contribution is 5.92. The molecule has 1 fully saturated rings. The highest BCUT2D eigenvalue weighted by Crippen LogP contribution is 2.50. The van der Waals surface area contributed by atoms with E-state index in [1.165, 1.54) is 22.0 Å². The molecule has 31 heavy (non-hydrogen) atoms. The van der Waals surface area contributed by atoms with Crippen LogP contribution in [-0.4, -0.2) is 48.6 Å². The highest BCUT2D eigenvalue weighted by atomic mass is 16.5. The number of fused-ring (bicyclic) bond motifs is 2. The van der Waals surface area contributed by atoms with Crippen LogP contribution < -0.4 is 0 Å². The standard InChI is InChI=1S/C26H34N2O3/c1-25(2,3)28-15-18-11-23-26(30-5,21-7-6-8-22(28)24(18)21)13-17(14-27(23)4)16-31-20-10-9-19(29)12-20/h6-8,12,15,17,23H,9-11,13-14,16H2,1-5H3/t17-,23-,26+/m1/s1. The molecular weight excluding hydrogens is 388 g/mol. The number of ketones is 1. The van der Waals surface area contributed by atoms with Crippen LogP contribution in [-0.2, 0) is 31.8 Å². The van der Waals surface area contributed by atoms with Crippen molar-refractivity contribution in [1.29, 1.82) is 0 Å². The summed E-state index contributed by atoms with van der Waals surface area (Å²) < 4.78 is 14.9. The van der Waals surface area contributed by atoms with Crippen LogP contribution in [0, 0.1) is 5.92 Å². The number of hydrogen-bond acceptors (Lipinski definition) is 4. The molecule has 0 spiro atoms. The van der Waals surface area contributed by atoms with Crippen LogP contribution in [0.5, 0.6) is 0 Å². The first-order chi connectivity index (χ1) is 14.7. The Morgan fingerprint density at radius 1 is 1.23 bits per heavy atom. The first-order valence-corrected chi connectivity index (χ1v) is 11.5. The van der Waals surface area contributed by atoms with Crippen LogP contribution in [0.25, 0.3) is 10.9 Å². The number of aromatic nitrogens is 1. The number of likely N-dealkylation sites (tertiary alicyclic amines) is 1. The summed E-state index contributed by atoms with van der Waals surface area (Å²) in [5.74, 6) is 1.37. The molecule has 5 nitrogen and oxygen atoms in total. The van der Waals surface area contributed by atoms with Gasteiger partial charge in [-0.25, -0.2) is 0 Å². The van der Waals surface area contributed by atoms with E-state index >= 15 is 0 Å². The van der Waals surface area contributed by atoms with Crippen LogP contribution in [0.3, 0.4) is 0 Å². The minimum atomic E-state index is -0.350. The normalized spacial score (nSPS) is 28.7. The Bertz CT molecular complexity index is 1060. The van der Waals surface area contributed by atoms with Crippen LogP contribution in [0.4, 0.5) is 0 Å². The van der Waals surface area contributed by atoms with Crippen molar-refractivity contribution in [1.82, 2.24) is 9.47 Å². The van der Waals surface area contributed by atoms with E-state index in [0.29, 0.717) is 25.0 Å². The highest BCUT2D eigenvalue weighted by Gasteiger charge is 2.52. The Morgan fingerprint density at radius 2 is 2.03 bits per heavy atom. The molecule has 1 aliphatic heterocycles. The van der Waals surface area contributed by atoms with Crippen molar-refractivity contribution in [3.05, 3.63) is 47.4 Å². The SMILES string of the molecule is CO[C@]12C[C@@H](COC3=CC(=O)CC3)CN(C)[C@@H]1Cc1cn(C(C)(C)C)c3cccc2c13. The molecule has 0 N–H and O–H groups in total. The third-order valence-corrected chi connectivity index (χ3v) is 7.52. The van der Waals surface area contributed by atoms with Crippen LogP contribution >= 0.6 is 0 Å². The van der Waals surface area contributed by atoms with E-state index in [9.17, 15) is 4.79 Å². The molecule has 2 aromatic rings. The average Bonchev–Trinajstić information content (AvgIpc) is 3.31. The number of carbonyl (C=O) groups is 1. The third-order valence-electron chi connectivity index (χ3n) is 7.52. The zero-order chi connectivity index (χ0) is 22.0. The van der Waals surface area contributed by atoms with Gasteiger partial charge in [-0.15, -0.1) is 0 Å². The minimum Gasteiger partial charge on any atom is -0.497 e. The number of methoxy groups -OCH3 is 1. The fourth-order valence-corrected chi connectivity index (χ4v) is 6.12. The number of allylic oxidation sites excluding steroid dienone is 2. The van der Waals surface area contributed by atoms with Crippen molar-refractivity contribution in [3.63, 3.8) is 0 Å². The van der Waals surface area contributed by atoms with Gasteiger partial charge in [0.05, 0.1) is 12.4 Å². The maximum Gasteiger partial charge on any atom is 0.159 e. The van der Waals surface area contributed by atoms with Gasteiger partial charge in [0.2, 0.25) is 0 Å². The Morgan fingerprint density at radius 3 is 2.71 bits per heavy atom. The molecule has 2 heterocycles. The van der Waals surface area contributed by atoms with Crippen LogP contribution in [0.1, 0.15) is 51.2 Å². The molecule has 0 amide bonds. The zero-order valence-corrected chi connectivity index (χ0v) is 19.4. The van der Waals surface area contributed by atoms with E-state index in [0.717, 1.165) is 31.6 Å². The lowest BCUT2D eigenvalue weighted by molar-refractivity contribution is -0.131. The van der Waals surface area contributed by atoms with Gasteiger partial charge >= 0.3 is 0 Å². The molecule has 3 atom stereocenters. The summed E-state index contributed by atoms with van der Waals surface area (Å²) in [6, 6.07) is 6.99. The summed E-state index contributed by atoms with van der Waals surface area (Å²) in [5, 5.41) is 1.37. The fourth-order valence-electron chi connectivity index (χ4n) is 6.12. The number of ether oxygens (including phenoxy) is 2. The molecule has 1 saturated heterocycles. The molecular formula is C26H34N2O3. The van der Waals surface area contributed by atoms with Gasteiger partial charge in [0.1, 0.15) is 5.60 Å². The molecule has 0 saturated carbocycles. The van der Waals surface area contributed by atoms with E-state index in [4.69, 9.17) is 9.47 Å². The molecule has 0 radical (unpaired) electrons. The van der Waals surface area contributed by atoms with Crippen molar-refractivity contribution >= 4 is 16.7 Å². The summed E-state index contributed by atoms with van der Waals surface area (Å²) in [6.07, 6.45) is 7.28. The van der Waals surface area contributed by atoms with E-state index in [-0.39, 0.29) is 16.9 Å². The van der Waals surface area contributed by atoms with Crippen molar-refractivity contribution in [2.45, 2.75) is 63.6 Å². The minimum absolute atomic E-state index is 0.0274. The van der Waals surface area contributed by atoms with Crippen molar-refractivity contribution in [3.8, 4) is 0 Å². The van der Waals surface area contributed by atoms with Gasteiger partial charge < -0.3 is 14.0 Å². The first kappa shape index (κ1) is 20.8. The quantitative estimate of drug-likeness (QED) is 0.734. The molecule has 3 aliphatic rings. The molecule has 5 heteroatoms.